The Morgan fingerprint density at radius 1 is 1.07 bits per heavy atom. The van der Waals surface area contributed by atoms with Gasteiger partial charge in [-0.15, -0.1) is 15.3 Å². The van der Waals surface area contributed by atoms with Gasteiger partial charge in [0, 0.05) is 30.3 Å². The molecular formula is C20H25N7O. The third-order valence-corrected chi connectivity index (χ3v) is 5.85. The van der Waals surface area contributed by atoms with E-state index in [0.717, 1.165) is 60.4 Å². The van der Waals surface area contributed by atoms with Gasteiger partial charge in [0.2, 0.25) is 5.88 Å². The summed E-state index contributed by atoms with van der Waals surface area (Å²) in [6.07, 6.45) is 6.22. The number of aryl methyl sites for hydroxylation is 1. The van der Waals surface area contributed by atoms with Gasteiger partial charge in [-0.3, -0.25) is 0 Å². The van der Waals surface area contributed by atoms with Gasteiger partial charge in [0.25, 0.3) is 0 Å². The molecule has 28 heavy (non-hydrogen) atoms. The van der Waals surface area contributed by atoms with E-state index in [9.17, 15) is 0 Å². The first kappa shape index (κ1) is 17.3. The first-order valence-corrected chi connectivity index (χ1v) is 10.1. The maximum absolute atomic E-state index is 6.16. The Labute approximate surface area is 164 Å². The van der Waals surface area contributed by atoms with E-state index in [1.165, 1.54) is 12.8 Å². The van der Waals surface area contributed by atoms with Crippen molar-refractivity contribution in [2.75, 3.05) is 24.6 Å². The van der Waals surface area contributed by atoms with E-state index in [1.54, 1.807) is 10.8 Å². The zero-order valence-electron chi connectivity index (χ0n) is 16.4. The molecule has 2 fully saturated rings. The minimum Gasteiger partial charge on any atom is -0.477 e. The molecule has 1 aliphatic heterocycles. The van der Waals surface area contributed by atoms with Crippen LogP contribution in [0.25, 0.3) is 5.65 Å². The minimum absolute atomic E-state index is 0.536. The maximum Gasteiger partial charge on any atom is 0.219 e. The number of ether oxygens (including phenoxy) is 1. The monoisotopic (exact) mass is 379 g/mol. The number of piperidine rings is 1. The Kier molecular flexibility index (Phi) is 4.33. The summed E-state index contributed by atoms with van der Waals surface area (Å²) in [5.74, 6) is 3.79. The number of rotatable bonds is 5. The SMILES string of the molecule is Cc1nc(C2CC2)nc(OCC2CCN(c3ccc4nncn4n3)CC2)c1C. The van der Waals surface area contributed by atoms with E-state index in [2.05, 4.69) is 32.1 Å². The number of fused-ring (bicyclic) bond motifs is 1. The Morgan fingerprint density at radius 2 is 1.89 bits per heavy atom. The van der Waals surface area contributed by atoms with Gasteiger partial charge >= 0.3 is 0 Å². The van der Waals surface area contributed by atoms with Crippen molar-refractivity contribution in [3.05, 3.63) is 35.5 Å². The average molecular weight is 379 g/mol. The Balaban J connectivity index is 1.20. The molecule has 146 valence electrons. The molecule has 0 amide bonds. The predicted octanol–water partition coefficient (Wildman–Crippen LogP) is 2.70. The lowest BCUT2D eigenvalue weighted by Crippen LogP contribution is -2.36. The molecule has 0 atom stereocenters. The smallest absolute Gasteiger partial charge is 0.219 e. The molecule has 0 unspecified atom stereocenters. The van der Waals surface area contributed by atoms with Crippen LogP contribution in [-0.2, 0) is 0 Å². The second-order valence-corrected chi connectivity index (χ2v) is 7.94. The number of nitrogens with zero attached hydrogens (tertiary/aromatic N) is 7. The van der Waals surface area contributed by atoms with Crippen molar-refractivity contribution < 1.29 is 4.74 Å². The highest BCUT2D eigenvalue weighted by atomic mass is 16.5. The fraction of sp³-hybridized carbons (Fsp3) is 0.550. The molecule has 0 N–H and O–H groups in total. The van der Waals surface area contributed by atoms with Crippen molar-refractivity contribution in [3.8, 4) is 5.88 Å². The molecule has 3 aromatic heterocycles. The van der Waals surface area contributed by atoms with E-state index in [-0.39, 0.29) is 0 Å². The summed E-state index contributed by atoms with van der Waals surface area (Å²) in [4.78, 5) is 11.7. The highest BCUT2D eigenvalue weighted by Gasteiger charge is 2.28. The fourth-order valence-corrected chi connectivity index (χ4v) is 3.70. The summed E-state index contributed by atoms with van der Waals surface area (Å²) >= 11 is 0. The van der Waals surface area contributed by atoms with Gasteiger partial charge in [0.15, 0.2) is 5.65 Å². The van der Waals surface area contributed by atoms with E-state index < -0.39 is 0 Å². The summed E-state index contributed by atoms with van der Waals surface area (Å²) in [6, 6.07) is 3.98. The minimum atomic E-state index is 0.536. The predicted molar refractivity (Wildman–Crippen MR) is 105 cm³/mol. The van der Waals surface area contributed by atoms with Gasteiger partial charge in [-0.2, -0.15) is 9.50 Å². The largest absolute Gasteiger partial charge is 0.477 e. The molecule has 8 nitrogen and oxygen atoms in total. The molecule has 0 aromatic carbocycles. The second-order valence-electron chi connectivity index (χ2n) is 7.94. The number of anilines is 1. The van der Waals surface area contributed by atoms with Crippen LogP contribution in [-0.4, -0.2) is 49.5 Å². The van der Waals surface area contributed by atoms with Gasteiger partial charge in [-0.05, 0) is 57.6 Å². The van der Waals surface area contributed by atoms with Crippen molar-refractivity contribution in [1.29, 1.82) is 0 Å². The van der Waals surface area contributed by atoms with Crippen molar-refractivity contribution >= 4 is 11.5 Å². The Hall–Kier alpha value is -2.77. The summed E-state index contributed by atoms with van der Waals surface area (Å²) in [5.41, 5.74) is 2.87. The maximum atomic E-state index is 6.16. The van der Waals surface area contributed by atoms with Crippen LogP contribution in [0.1, 0.15) is 48.7 Å². The zero-order valence-corrected chi connectivity index (χ0v) is 16.4. The standard InChI is InChI=1S/C20H25N7O/c1-13-14(2)22-19(16-3-4-16)23-20(13)28-11-15-7-9-26(10-8-15)18-6-5-17-24-21-12-27(17)25-18/h5-6,12,15-16H,3-4,7-11H2,1-2H3. The molecule has 5 rings (SSSR count). The lowest BCUT2D eigenvalue weighted by molar-refractivity contribution is 0.213. The summed E-state index contributed by atoms with van der Waals surface area (Å²) < 4.78 is 7.88. The normalized spacial score (nSPS) is 18.0. The van der Waals surface area contributed by atoms with E-state index in [1.807, 2.05) is 19.1 Å². The topological polar surface area (TPSA) is 81.3 Å². The third kappa shape index (κ3) is 3.39. The lowest BCUT2D eigenvalue weighted by atomic mass is 9.98. The van der Waals surface area contributed by atoms with Crippen LogP contribution < -0.4 is 9.64 Å². The molecule has 8 heteroatoms. The quantitative estimate of drug-likeness (QED) is 0.674. The molecule has 0 radical (unpaired) electrons. The Morgan fingerprint density at radius 3 is 2.68 bits per heavy atom. The third-order valence-electron chi connectivity index (χ3n) is 5.85. The van der Waals surface area contributed by atoms with Gasteiger partial charge in [0.05, 0.1) is 6.61 Å². The lowest BCUT2D eigenvalue weighted by Gasteiger charge is -2.32. The molecule has 2 aliphatic rings. The molecule has 0 spiro atoms. The van der Waals surface area contributed by atoms with Crippen LogP contribution in [0.15, 0.2) is 18.5 Å². The second kappa shape index (κ2) is 7.00. The van der Waals surface area contributed by atoms with Gasteiger partial charge in [-0.25, -0.2) is 4.98 Å². The first-order valence-electron chi connectivity index (χ1n) is 10.1. The number of aromatic nitrogens is 6. The first-order chi connectivity index (χ1) is 13.7. The summed E-state index contributed by atoms with van der Waals surface area (Å²) in [6.45, 7) is 6.77. The van der Waals surface area contributed by atoms with Crippen molar-refractivity contribution in [1.82, 2.24) is 29.8 Å². The molecule has 0 bridgehead atoms. The van der Waals surface area contributed by atoms with Crippen LogP contribution in [0.3, 0.4) is 0 Å². The van der Waals surface area contributed by atoms with E-state index in [4.69, 9.17) is 9.72 Å². The summed E-state index contributed by atoms with van der Waals surface area (Å²) in [5, 5.41) is 12.5. The van der Waals surface area contributed by atoms with Crippen molar-refractivity contribution in [2.45, 2.75) is 45.4 Å². The molecular weight excluding hydrogens is 354 g/mol. The highest BCUT2D eigenvalue weighted by Crippen LogP contribution is 2.39. The van der Waals surface area contributed by atoms with Gasteiger partial charge in [-0.1, -0.05) is 0 Å². The van der Waals surface area contributed by atoms with Crippen LogP contribution in [0.5, 0.6) is 5.88 Å². The molecule has 1 saturated heterocycles. The van der Waals surface area contributed by atoms with E-state index >= 15 is 0 Å². The fourth-order valence-electron chi connectivity index (χ4n) is 3.70. The van der Waals surface area contributed by atoms with Crippen molar-refractivity contribution in [2.24, 2.45) is 5.92 Å². The number of hydrogen-bond donors (Lipinski definition) is 0. The molecule has 3 aromatic rings. The summed E-state index contributed by atoms with van der Waals surface area (Å²) in [7, 11) is 0. The molecule has 1 saturated carbocycles. The zero-order chi connectivity index (χ0) is 19.1. The van der Waals surface area contributed by atoms with Crippen LogP contribution in [0.2, 0.25) is 0 Å². The highest BCUT2D eigenvalue weighted by molar-refractivity contribution is 5.45. The van der Waals surface area contributed by atoms with Crippen LogP contribution in [0.4, 0.5) is 5.82 Å². The molecule has 4 heterocycles. The van der Waals surface area contributed by atoms with Gasteiger partial charge in [0.1, 0.15) is 18.0 Å². The molecule has 1 aliphatic carbocycles. The van der Waals surface area contributed by atoms with Crippen LogP contribution in [0, 0.1) is 19.8 Å². The van der Waals surface area contributed by atoms with E-state index in [0.29, 0.717) is 18.4 Å². The average Bonchev–Trinajstić information content (AvgIpc) is 3.46. The van der Waals surface area contributed by atoms with Crippen LogP contribution >= 0.6 is 0 Å². The Bertz CT molecular complexity index is 989. The van der Waals surface area contributed by atoms with Crippen molar-refractivity contribution in [3.63, 3.8) is 0 Å². The van der Waals surface area contributed by atoms with Gasteiger partial charge < -0.3 is 9.64 Å². The number of hydrogen-bond acceptors (Lipinski definition) is 7.